The van der Waals surface area contributed by atoms with Crippen LogP contribution in [0.25, 0.3) is 0 Å². The molecule has 3 aromatic rings. The van der Waals surface area contributed by atoms with Crippen LogP contribution in [-0.2, 0) is 31.2 Å². The van der Waals surface area contributed by atoms with E-state index in [4.69, 9.17) is 0 Å². The summed E-state index contributed by atoms with van der Waals surface area (Å²) in [5, 5.41) is 16.7. The fourth-order valence-corrected chi connectivity index (χ4v) is 4.11. The van der Waals surface area contributed by atoms with Crippen LogP contribution < -0.4 is 11.0 Å². The van der Waals surface area contributed by atoms with Crippen molar-refractivity contribution < 1.29 is 4.79 Å². The average molecular weight is 384 g/mol. The smallest absolute Gasteiger partial charge is 0.300 e. The van der Waals surface area contributed by atoms with Gasteiger partial charge in [0.15, 0.2) is 0 Å². The van der Waals surface area contributed by atoms with E-state index in [-0.39, 0.29) is 17.5 Å². The predicted octanol–water partition coefficient (Wildman–Crippen LogP) is 1.53. The fraction of sp³-hybridized carbons (Fsp3) is 0.389. The van der Waals surface area contributed by atoms with E-state index in [1.165, 1.54) is 27.1 Å². The molecular formula is C18H20N6O2S. The van der Waals surface area contributed by atoms with E-state index < -0.39 is 0 Å². The lowest BCUT2D eigenvalue weighted by molar-refractivity contribution is -0.120. The molecule has 0 bridgehead atoms. The molecule has 1 amide bonds. The van der Waals surface area contributed by atoms with Crippen molar-refractivity contribution in [3.05, 3.63) is 56.7 Å². The van der Waals surface area contributed by atoms with Gasteiger partial charge in [0.1, 0.15) is 10.8 Å². The van der Waals surface area contributed by atoms with Crippen LogP contribution in [0.2, 0.25) is 0 Å². The average Bonchev–Trinajstić information content (AvgIpc) is 3.19. The second kappa shape index (κ2) is 7.07. The Bertz CT molecular complexity index is 1050. The SMILES string of the molecule is Cc1cccc(Cc2nnc(NC(=O)C3CCc4nn(C)c(=O)n4C3)s2)c1. The topological polar surface area (TPSA) is 94.7 Å². The highest BCUT2D eigenvalue weighted by Crippen LogP contribution is 2.22. The Balaban J connectivity index is 1.41. The lowest BCUT2D eigenvalue weighted by atomic mass is 9.99. The summed E-state index contributed by atoms with van der Waals surface area (Å²) < 4.78 is 2.90. The van der Waals surface area contributed by atoms with Crippen LogP contribution in [0.4, 0.5) is 5.13 Å². The number of aryl methyl sites for hydroxylation is 3. The number of carbonyl (C=O) groups excluding carboxylic acids is 1. The Morgan fingerprint density at radius 3 is 3.04 bits per heavy atom. The van der Waals surface area contributed by atoms with Crippen LogP contribution in [0, 0.1) is 12.8 Å². The normalized spacial score (nSPS) is 16.1. The van der Waals surface area contributed by atoms with Crippen molar-refractivity contribution in [2.75, 3.05) is 5.32 Å². The van der Waals surface area contributed by atoms with E-state index in [2.05, 4.69) is 45.7 Å². The highest BCUT2D eigenvalue weighted by Gasteiger charge is 2.28. The minimum atomic E-state index is -0.275. The Morgan fingerprint density at radius 1 is 1.37 bits per heavy atom. The number of nitrogens with zero attached hydrogens (tertiary/aromatic N) is 5. The first-order valence-electron chi connectivity index (χ1n) is 8.81. The molecule has 3 heterocycles. The summed E-state index contributed by atoms with van der Waals surface area (Å²) in [6.45, 7) is 2.40. The van der Waals surface area contributed by atoms with Crippen LogP contribution in [-0.4, -0.2) is 30.5 Å². The molecular weight excluding hydrogens is 364 g/mol. The van der Waals surface area contributed by atoms with Gasteiger partial charge in [0.25, 0.3) is 0 Å². The van der Waals surface area contributed by atoms with Crippen molar-refractivity contribution in [2.45, 2.75) is 32.7 Å². The van der Waals surface area contributed by atoms with E-state index in [1.807, 2.05) is 6.07 Å². The molecule has 4 rings (SSSR count). The Morgan fingerprint density at radius 2 is 2.22 bits per heavy atom. The molecule has 1 N–H and O–H groups in total. The molecule has 0 saturated carbocycles. The zero-order valence-corrected chi connectivity index (χ0v) is 16.0. The first-order valence-corrected chi connectivity index (χ1v) is 9.63. The lowest BCUT2D eigenvalue weighted by Crippen LogP contribution is -2.35. The van der Waals surface area contributed by atoms with Gasteiger partial charge in [0.05, 0.1) is 5.92 Å². The molecule has 9 heteroatoms. The summed E-state index contributed by atoms with van der Waals surface area (Å²) in [6, 6.07) is 8.24. The third-order valence-electron chi connectivity index (χ3n) is 4.71. The van der Waals surface area contributed by atoms with Crippen molar-refractivity contribution in [1.82, 2.24) is 24.5 Å². The number of anilines is 1. The van der Waals surface area contributed by atoms with Gasteiger partial charge >= 0.3 is 5.69 Å². The van der Waals surface area contributed by atoms with Gasteiger partial charge < -0.3 is 5.32 Å². The van der Waals surface area contributed by atoms with Gasteiger partial charge in [-0.15, -0.1) is 10.2 Å². The molecule has 1 unspecified atom stereocenters. The third-order valence-corrected chi connectivity index (χ3v) is 5.55. The molecule has 0 fully saturated rings. The second-order valence-electron chi connectivity index (χ2n) is 6.82. The van der Waals surface area contributed by atoms with Gasteiger partial charge in [-0.2, -0.15) is 5.10 Å². The Kier molecular flexibility index (Phi) is 4.61. The maximum absolute atomic E-state index is 12.6. The summed E-state index contributed by atoms with van der Waals surface area (Å²) in [5.41, 5.74) is 2.19. The quantitative estimate of drug-likeness (QED) is 0.736. The zero-order valence-electron chi connectivity index (χ0n) is 15.2. The van der Waals surface area contributed by atoms with Crippen LogP contribution >= 0.6 is 11.3 Å². The summed E-state index contributed by atoms with van der Waals surface area (Å²) in [5.74, 6) is 0.334. The van der Waals surface area contributed by atoms with E-state index in [1.54, 1.807) is 11.6 Å². The summed E-state index contributed by atoms with van der Waals surface area (Å²) in [6.07, 6.45) is 1.97. The van der Waals surface area contributed by atoms with Crippen LogP contribution in [0.15, 0.2) is 29.1 Å². The van der Waals surface area contributed by atoms with Crippen molar-refractivity contribution in [3.8, 4) is 0 Å². The molecule has 0 saturated heterocycles. The van der Waals surface area contributed by atoms with E-state index >= 15 is 0 Å². The molecule has 1 aliphatic rings. The van der Waals surface area contributed by atoms with Crippen molar-refractivity contribution >= 4 is 22.4 Å². The van der Waals surface area contributed by atoms with Gasteiger partial charge in [0, 0.05) is 26.4 Å². The summed E-state index contributed by atoms with van der Waals surface area (Å²) in [4.78, 5) is 24.6. The van der Waals surface area contributed by atoms with Crippen molar-refractivity contribution in [2.24, 2.45) is 13.0 Å². The predicted molar refractivity (Wildman–Crippen MR) is 102 cm³/mol. The molecule has 1 aromatic carbocycles. The molecule has 2 aromatic heterocycles. The molecule has 140 valence electrons. The van der Waals surface area contributed by atoms with Gasteiger partial charge in [-0.3, -0.25) is 9.36 Å². The largest absolute Gasteiger partial charge is 0.345 e. The minimum Gasteiger partial charge on any atom is -0.300 e. The van der Waals surface area contributed by atoms with Gasteiger partial charge in [-0.1, -0.05) is 41.2 Å². The van der Waals surface area contributed by atoms with Gasteiger partial charge in [0.2, 0.25) is 11.0 Å². The zero-order chi connectivity index (χ0) is 19.0. The van der Waals surface area contributed by atoms with E-state index in [0.29, 0.717) is 30.9 Å². The van der Waals surface area contributed by atoms with E-state index in [9.17, 15) is 9.59 Å². The minimum absolute atomic E-state index is 0.130. The second-order valence-corrected chi connectivity index (χ2v) is 7.89. The van der Waals surface area contributed by atoms with Crippen molar-refractivity contribution in [3.63, 3.8) is 0 Å². The number of carbonyl (C=O) groups is 1. The standard InChI is InChI=1S/C18H20N6O2S/c1-11-4-3-5-12(8-11)9-15-20-21-17(27-15)19-16(25)13-6-7-14-22-23(2)18(26)24(14)10-13/h3-5,8,13H,6-7,9-10H2,1-2H3,(H,19,21,25). The van der Waals surface area contributed by atoms with Gasteiger partial charge in [-0.05, 0) is 18.9 Å². The number of rotatable bonds is 4. The number of amides is 1. The monoisotopic (exact) mass is 384 g/mol. The van der Waals surface area contributed by atoms with Crippen molar-refractivity contribution in [1.29, 1.82) is 0 Å². The maximum Gasteiger partial charge on any atom is 0.345 e. The molecule has 0 spiro atoms. The number of benzene rings is 1. The summed E-state index contributed by atoms with van der Waals surface area (Å²) >= 11 is 1.38. The third kappa shape index (κ3) is 3.68. The van der Waals surface area contributed by atoms with Gasteiger partial charge in [-0.25, -0.2) is 9.48 Å². The number of nitrogens with one attached hydrogen (secondary N) is 1. The number of hydrogen-bond donors (Lipinski definition) is 1. The number of fused-ring (bicyclic) bond motifs is 1. The first-order chi connectivity index (χ1) is 13.0. The summed E-state index contributed by atoms with van der Waals surface area (Å²) in [7, 11) is 1.62. The number of hydrogen-bond acceptors (Lipinski definition) is 6. The van der Waals surface area contributed by atoms with E-state index in [0.717, 1.165) is 10.8 Å². The first kappa shape index (κ1) is 17.6. The molecule has 27 heavy (non-hydrogen) atoms. The fourth-order valence-electron chi connectivity index (χ4n) is 3.33. The molecule has 0 radical (unpaired) electrons. The molecule has 1 aliphatic heterocycles. The highest BCUT2D eigenvalue weighted by molar-refractivity contribution is 7.15. The maximum atomic E-state index is 12.6. The molecule has 8 nitrogen and oxygen atoms in total. The molecule has 0 aliphatic carbocycles. The van der Waals surface area contributed by atoms with Crippen LogP contribution in [0.5, 0.6) is 0 Å². The number of aromatic nitrogens is 5. The Hall–Kier alpha value is -2.81. The van der Waals surface area contributed by atoms with Crippen LogP contribution in [0.3, 0.4) is 0 Å². The highest BCUT2D eigenvalue weighted by atomic mass is 32.1. The lowest BCUT2D eigenvalue weighted by Gasteiger charge is -2.20. The molecule has 1 atom stereocenters. The Labute approximate surface area is 159 Å². The van der Waals surface area contributed by atoms with Crippen LogP contribution in [0.1, 0.15) is 28.4 Å².